The third-order valence-corrected chi connectivity index (χ3v) is 6.36. The molecule has 1 aliphatic rings. The maximum Gasteiger partial charge on any atom is 0.272 e. The molecule has 1 amide bonds. The first-order valence-electron chi connectivity index (χ1n) is 8.08. The minimum absolute atomic E-state index is 0. The Hall–Kier alpha value is -1.91. The number of anilines is 1. The number of amides is 1. The molecule has 0 saturated carbocycles. The minimum Gasteiger partial charge on any atom is -0.342 e. The Bertz CT molecular complexity index is 1000. The largest absolute Gasteiger partial charge is 0.342 e. The van der Waals surface area contributed by atoms with E-state index in [1.807, 2.05) is 0 Å². The smallest absolute Gasteiger partial charge is 0.272 e. The summed E-state index contributed by atoms with van der Waals surface area (Å²) in [5.41, 5.74) is 1.16. The van der Waals surface area contributed by atoms with Gasteiger partial charge in [0.15, 0.2) is 11.6 Å². The van der Waals surface area contributed by atoms with Crippen molar-refractivity contribution in [3.63, 3.8) is 0 Å². The molecule has 10 heteroatoms. The van der Waals surface area contributed by atoms with Crippen LogP contribution in [0.2, 0.25) is 0 Å². The second kappa shape index (κ2) is 7.61. The lowest BCUT2D eigenvalue weighted by Crippen LogP contribution is -2.31. The number of nitrogens with one attached hydrogen (secondary N) is 2. The van der Waals surface area contributed by atoms with Gasteiger partial charge in [-0.15, -0.1) is 0 Å². The topological polar surface area (TPSA) is 80.2 Å². The minimum atomic E-state index is -3.74. The van der Waals surface area contributed by atoms with Crippen LogP contribution in [0.25, 0.3) is 0 Å². The fraction of sp³-hybridized carbons (Fsp3) is 0.353. The van der Waals surface area contributed by atoms with Crippen LogP contribution < -0.4 is 10.0 Å². The molecule has 0 fully saturated rings. The fourth-order valence-electron chi connectivity index (χ4n) is 3.23. The number of carbonyl (C=O) groups excluding carboxylic acids is 1. The van der Waals surface area contributed by atoms with Gasteiger partial charge in [0.05, 0.1) is 0 Å². The molecule has 1 atom stereocenters. The van der Waals surface area contributed by atoms with Crippen molar-refractivity contribution in [3.05, 3.63) is 46.8 Å². The number of benzene rings is 1. The number of fused-ring (bicyclic) bond motifs is 1. The summed E-state index contributed by atoms with van der Waals surface area (Å²) in [7, 11) is -2.14. The summed E-state index contributed by atoms with van der Waals surface area (Å²) >= 11 is 0. The monoisotopic (exact) mass is 417 g/mol. The highest BCUT2D eigenvalue weighted by Crippen LogP contribution is 2.31. The zero-order valence-electron chi connectivity index (χ0n) is 15.1. The van der Waals surface area contributed by atoms with Crippen LogP contribution in [0.1, 0.15) is 35.1 Å². The third-order valence-electron chi connectivity index (χ3n) is 4.57. The van der Waals surface area contributed by atoms with Crippen molar-refractivity contribution in [3.8, 4) is 0 Å². The lowest BCUT2D eigenvalue weighted by molar-refractivity contribution is 0.101. The molecule has 0 unspecified atom stereocenters. The van der Waals surface area contributed by atoms with Gasteiger partial charge in [-0.05, 0) is 38.8 Å². The SMILES string of the molecule is Cc1c2c(c(C(=O)Nc3ccc(F)c(F)c3)n1C)CC[C@H](C)NS2(=O)=O.S. The van der Waals surface area contributed by atoms with Gasteiger partial charge in [-0.25, -0.2) is 21.9 Å². The number of nitrogens with zero attached hydrogens (tertiary/aromatic N) is 1. The molecule has 27 heavy (non-hydrogen) atoms. The molecule has 1 aromatic heterocycles. The Kier molecular flexibility index (Phi) is 6.03. The van der Waals surface area contributed by atoms with Gasteiger partial charge in [-0.3, -0.25) is 4.79 Å². The molecule has 1 aromatic carbocycles. The van der Waals surface area contributed by atoms with Crippen molar-refractivity contribution < 1.29 is 22.0 Å². The maximum atomic E-state index is 13.4. The summed E-state index contributed by atoms with van der Waals surface area (Å²) < 4.78 is 55.7. The van der Waals surface area contributed by atoms with Crippen LogP contribution in [0.3, 0.4) is 0 Å². The molecule has 0 bridgehead atoms. The Labute approximate surface area is 163 Å². The highest BCUT2D eigenvalue weighted by molar-refractivity contribution is 7.89. The summed E-state index contributed by atoms with van der Waals surface area (Å²) in [4.78, 5) is 12.9. The van der Waals surface area contributed by atoms with E-state index in [4.69, 9.17) is 0 Å². The summed E-state index contributed by atoms with van der Waals surface area (Å²) in [5, 5.41) is 2.51. The number of rotatable bonds is 2. The molecular formula is C17H21F2N3O3S2. The number of aromatic nitrogens is 1. The molecule has 0 spiro atoms. The summed E-state index contributed by atoms with van der Waals surface area (Å²) in [5.74, 6) is -2.67. The molecule has 2 N–H and O–H groups in total. The maximum absolute atomic E-state index is 13.4. The van der Waals surface area contributed by atoms with Gasteiger partial charge in [0.1, 0.15) is 10.6 Å². The third kappa shape index (κ3) is 3.87. The molecule has 2 heterocycles. The molecular weight excluding hydrogens is 396 g/mol. The number of halogens is 2. The van der Waals surface area contributed by atoms with Crippen molar-refractivity contribution in [2.75, 3.05) is 5.32 Å². The van der Waals surface area contributed by atoms with Crippen LogP contribution in [-0.2, 0) is 23.5 Å². The number of hydrogen-bond donors (Lipinski definition) is 2. The number of hydrogen-bond acceptors (Lipinski definition) is 3. The standard InChI is InChI=1S/C17H19F2N3O3S.H2S/c1-9-4-6-12-15(22(3)10(2)16(12)26(24,25)21-9)17(23)20-11-5-7-13(18)14(19)8-11;/h5,7-9,21H,4,6H2,1-3H3,(H,20,23);1H2/t9-;/m0./s1. The van der Waals surface area contributed by atoms with Gasteiger partial charge in [0.2, 0.25) is 10.0 Å². The summed E-state index contributed by atoms with van der Waals surface area (Å²) in [6.45, 7) is 3.39. The molecule has 3 rings (SSSR count). The molecule has 1 aliphatic heterocycles. The predicted molar refractivity (Wildman–Crippen MR) is 103 cm³/mol. The average molecular weight is 418 g/mol. The van der Waals surface area contributed by atoms with Crippen LogP contribution in [0.15, 0.2) is 23.1 Å². The van der Waals surface area contributed by atoms with Gasteiger partial charge >= 0.3 is 0 Å². The Morgan fingerprint density at radius 2 is 1.96 bits per heavy atom. The highest BCUT2D eigenvalue weighted by atomic mass is 32.2. The van der Waals surface area contributed by atoms with E-state index in [0.717, 1.165) is 12.1 Å². The molecule has 2 aromatic rings. The van der Waals surface area contributed by atoms with Crippen molar-refractivity contribution >= 4 is 35.1 Å². The van der Waals surface area contributed by atoms with Gasteiger partial charge in [-0.1, -0.05) is 0 Å². The second-order valence-corrected chi connectivity index (χ2v) is 8.10. The van der Waals surface area contributed by atoms with Crippen molar-refractivity contribution in [1.29, 1.82) is 0 Å². The van der Waals surface area contributed by atoms with Crippen LogP contribution in [0.4, 0.5) is 14.5 Å². The van der Waals surface area contributed by atoms with E-state index in [2.05, 4.69) is 10.0 Å². The van der Waals surface area contributed by atoms with Gasteiger partial charge in [0.25, 0.3) is 5.91 Å². The lowest BCUT2D eigenvalue weighted by atomic mass is 10.1. The van der Waals surface area contributed by atoms with E-state index in [1.165, 1.54) is 10.6 Å². The lowest BCUT2D eigenvalue weighted by Gasteiger charge is -2.11. The van der Waals surface area contributed by atoms with Crippen molar-refractivity contribution in [1.82, 2.24) is 9.29 Å². The first kappa shape index (κ1) is 21.4. The Balaban J connectivity index is 0.00000261. The summed E-state index contributed by atoms with van der Waals surface area (Å²) in [6, 6.07) is 2.78. The summed E-state index contributed by atoms with van der Waals surface area (Å²) in [6.07, 6.45) is 0.950. The van der Waals surface area contributed by atoms with Crippen LogP contribution in [0.5, 0.6) is 0 Å². The fourth-order valence-corrected chi connectivity index (χ4v) is 5.05. The zero-order valence-corrected chi connectivity index (χ0v) is 16.9. The number of sulfonamides is 1. The van der Waals surface area contributed by atoms with Crippen LogP contribution in [0, 0.1) is 18.6 Å². The highest BCUT2D eigenvalue weighted by Gasteiger charge is 2.34. The molecule has 148 valence electrons. The van der Waals surface area contributed by atoms with Crippen LogP contribution >= 0.6 is 13.5 Å². The Morgan fingerprint density at radius 3 is 2.59 bits per heavy atom. The van der Waals surface area contributed by atoms with E-state index in [0.29, 0.717) is 24.1 Å². The first-order chi connectivity index (χ1) is 12.1. The van der Waals surface area contributed by atoms with E-state index in [-0.39, 0.29) is 35.8 Å². The molecule has 6 nitrogen and oxygen atoms in total. The van der Waals surface area contributed by atoms with E-state index in [9.17, 15) is 22.0 Å². The van der Waals surface area contributed by atoms with Crippen molar-refractivity contribution in [2.24, 2.45) is 7.05 Å². The second-order valence-electron chi connectivity index (χ2n) is 6.44. The van der Waals surface area contributed by atoms with Gasteiger partial charge in [-0.2, -0.15) is 13.5 Å². The normalized spacial score (nSPS) is 18.2. The van der Waals surface area contributed by atoms with Crippen molar-refractivity contribution in [2.45, 2.75) is 37.6 Å². The molecule has 0 aliphatic carbocycles. The molecule has 0 radical (unpaired) electrons. The average Bonchev–Trinajstić information content (AvgIpc) is 2.73. The zero-order chi connectivity index (χ0) is 19.2. The quantitative estimate of drug-likeness (QED) is 0.788. The first-order valence-corrected chi connectivity index (χ1v) is 9.57. The Morgan fingerprint density at radius 1 is 1.30 bits per heavy atom. The van der Waals surface area contributed by atoms with Gasteiger partial charge < -0.3 is 9.88 Å². The van der Waals surface area contributed by atoms with Gasteiger partial charge in [0, 0.05) is 36.1 Å². The van der Waals surface area contributed by atoms with E-state index in [1.54, 1.807) is 20.9 Å². The number of carbonyl (C=O) groups is 1. The van der Waals surface area contributed by atoms with E-state index < -0.39 is 27.6 Å². The predicted octanol–water partition coefficient (Wildman–Crippen LogP) is 2.59. The van der Waals surface area contributed by atoms with Crippen LogP contribution in [-0.4, -0.2) is 24.9 Å². The van der Waals surface area contributed by atoms with E-state index >= 15 is 0 Å². The molecule has 0 saturated heterocycles.